The lowest BCUT2D eigenvalue weighted by atomic mass is 9.80. The monoisotopic (exact) mass is 229 g/mol. The van der Waals surface area contributed by atoms with Crippen molar-refractivity contribution < 1.29 is 0 Å². The Morgan fingerprint density at radius 2 is 1.88 bits per heavy atom. The first-order chi connectivity index (χ1) is 8.00. The first-order valence-corrected chi connectivity index (χ1v) is 6.54. The van der Waals surface area contributed by atoms with E-state index in [0.717, 1.165) is 0 Å². The molecule has 2 rings (SSSR count). The van der Waals surface area contributed by atoms with Crippen LogP contribution in [0.15, 0.2) is 35.9 Å². The molecule has 1 aromatic rings. The van der Waals surface area contributed by atoms with Crippen molar-refractivity contribution in [2.45, 2.75) is 51.5 Å². The third-order valence-corrected chi connectivity index (χ3v) is 3.58. The van der Waals surface area contributed by atoms with Crippen molar-refractivity contribution in [1.29, 1.82) is 0 Å². The lowest BCUT2D eigenvalue weighted by Gasteiger charge is -2.26. The minimum Gasteiger partial charge on any atom is -0.321 e. The molecular weight excluding hydrogens is 206 g/mol. The second-order valence-electron chi connectivity index (χ2n) is 5.99. The molecule has 0 radical (unpaired) electrons. The predicted molar refractivity (Wildman–Crippen MR) is 74.0 cm³/mol. The maximum Gasteiger partial charge on any atom is 0.0513 e. The molecule has 17 heavy (non-hydrogen) atoms. The zero-order valence-electron chi connectivity index (χ0n) is 11.2. The van der Waals surface area contributed by atoms with Crippen LogP contribution in [0, 0.1) is 0 Å². The summed E-state index contributed by atoms with van der Waals surface area (Å²) in [6.45, 7) is 6.75. The molecule has 1 aliphatic carbocycles. The third-order valence-electron chi connectivity index (χ3n) is 3.58. The van der Waals surface area contributed by atoms with Gasteiger partial charge >= 0.3 is 0 Å². The third kappa shape index (κ3) is 2.61. The average Bonchev–Trinajstić information content (AvgIpc) is 2.80. The topological polar surface area (TPSA) is 26.0 Å². The second kappa shape index (κ2) is 4.66. The number of allylic oxidation sites excluding steroid dienone is 1. The van der Waals surface area contributed by atoms with E-state index in [1.165, 1.54) is 36.0 Å². The quantitative estimate of drug-likeness (QED) is 0.759. The van der Waals surface area contributed by atoms with Gasteiger partial charge in [-0.05, 0) is 35.8 Å². The van der Waals surface area contributed by atoms with Gasteiger partial charge in [-0.3, -0.25) is 0 Å². The summed E-state index contributed by atoms with van der Waals surface area (Å²) in [5.74, 6) is 0. The lowest BCUT2D eigenvalue weighted by Crippen LogP contribution is -2.20. The molecular formula is C16H23N. The summed E-state index contributed by atoms with van der Waals surface area (Å²) in [7, 11) is 0. The Bertz CT molecular complexity index is 423. The number of hydrogen-bond acceptors (Lipinski definition) is 1. The summed E-state index contributed by atoms with van der Waals surface area (Å²) in [5.41, 5.74) is 10.7. The Morgan fingerprint density at radius 1 is 1.18 bits per heavy atom. The highest BCUT2D eigenvalue weighted by atomic mass is 14.6. The SMILES string of the molecule is CC(C)(C)c1ccccc1C(N)C1=CCCC1. The van der Waals surface area contributed by atoms with E-state index in [4.69, 9.17) is 5.73 Å². The highest BCUT2D eigenvalue weighted by Gasteiger charge is 2.23. The Kier molecular flexibility index (Phi) is 3.39. The van der Waals surface area contributed by atoms with E-state index in [9.17, 15) is 0 Å². The Hall–Kier alpha value is -1.08. The fourth-order valence-corrected chi connectivity index (χ4v) is 2.63. The summed E-state index contributed by atoms with van der Waals surface area (Å²) in [5, 5.41) is 0. The molecule has 1 unspecified atom stereocenters. The highest BCUT2D eigenvalue weighted by molar-refractivity contribution is 5.39. The molecule has 0 aromatic heterocycles. The molecule has 1 nitrogen and oxygen atoms in total. The lowest BCUT2D eigenvalue weighted by molar-refractivity contribution is 0.576. The molecule has 0 heterocycles. The molecule has 0 saturated heterocycles. The van der Waals surface area contributed by atoms with Crippen LogP contribution in [0.2, 0.25) is 0 Å². The Morgan fingerprint density at radius 3 is 2.47 bits per heavy atom. The predicted octanol–water partition coefficient (Wildman–Crippen LogP) is 4.09. The minimum atomic E-state index is 0.0907. The number of nitrogens with two attached hydrogens (primary N) is 1. The molecule has 0 fully saturated rings. The molecule has 2 N–H and O–H groups in total. The zero-order chi connectivity index (χ0) is 12.5. The fourth-order valence-electron chi connectivity index (χ4n) is 2.63. The first kappa shape index (κ1) is 12.4. The van der Waals surface area contributed by atoms with Gasteiger partial charge in [0.15, 0.2) is 0 Å². The number of rotatable bonds is 2. The molecule has 92 valence electrons. The van der Waals surface area contributed by atoms with Crippen LogP contribution < -0.4 is 5.73 Å². The van der Waals surface area contributed by atoms with Gasteiger partial charge in [0, 0.05) is 0 Å². The van der Waals surface area contributed by atoms with Gasteiger partial charge < -0.3 is 5.73 Å². The van der Waals surface area contributed by atoms with Crippen LogP contribution in [0.5, 0.6) is 0 Å². The van der Waals surface area contributed by atoms with Crippen molar-refractivity contribution in [3.05, 3.63) is 47.0 Å². The molecule has 1 heteroatoms. The van der Waals surface area contributed by atoms with E-state index >= 15 is 0 Å². The summed E-state index contributed by atoms with van der Waals surface area (Å²) in [6.07, 6.45) is 5.95. The molecule has 0 bridgehead atoms. The van der Waals surface area contributed by atoms with Gasteiger partial charge in [-0.25, -0.2) is 0 Å². The van der Waals surface area contributed by atoms with Crippen molar-refractivity contribution in [1.82, 2.24) is 0 Å². The van der Waals surface area contributed by atoms with E-state index in [0.29, 0.717) is 0 Å². The molecule has 0 saturated carbocycles. The van der Waals surface area contributed by atoms with Gasteiger partial charge in [-0.2, -0.15) is 0 Å². The number of benzene rings is 1. The first-order valence-electron chi connectivity index (χ1n) is 6.54. The molecule has 1 aromatic carbocycles. The summed E-state index contributed by atoms with van der Waals surface area (Å²) >= 11 is 0. The van der Waals surface area contributed by atoms with Crippen molar-refractivity contribution in [2.75, 3.05) is 0 Å². The van der Waals surface area contributed by atoms with E-state index in [-0.39, 0.29) is 11.5 Å². The van der Waals surface area contributed by atoms with Gasteiger partial charge in [0.1, 0.15) is 0 Å². The standard InChI is InChI=1S/C16H23N/c1-16(2,3)14-11-7-6-10-13(14)15(17)12-8-4-5-9-12/h6-8,10-11,15H,4-5,9,17H2,1-3H3. The van der Waals surface area contributed by atoms with Crippen LogP contribution in [0.1, 0.15) is 57.2 Å². The van der Waals surface area contributed by atoms with Gasteiger partial charge in [-0.1, -0.05) is 56.7 Å². The smallest absolute Gasteiger partial charge is 0.0513 e. The van der Waals surface area contributed by atoms with E-state index in [2.05, 4.69) is 51.1 Å². The Balaban J connectivity index is 2.38. The summed E-state index contributed by atoms with van der Waals surface area (Å²) < 4.78 is 0. The van der Waals surface area contributed by atoms with Crippen molar-refractivity contribution in [2.24, 2.45) is 5.73 Å². The molecule has 0 aliphatic heterocycles. The number of hydrogen-bond donors (Lipinski definition) is 1. The van der Waals surface area contributed by atoms with Crippen molar-refractivity contribution >= 4 is 0 Å². The second-order valence-corrected chi connectivity index (χ2v) is 5.99. The van der Waals surface area contributed by atoms with Crippen molar-refractivity contribution in [3.8, 4) is 0 Å². The maximum absolute atomic E-state index is 6.43. The van der Waals surface area contributed by atoms with E-state index in [1.54, 1.807) is 0 Å². The minimum absolute atomic E-state index is 0.0907. The van der Waals surface area contributed by atoms with Crippen LogP contribution in [0.3, 0.4) is 0 Å². The normalized spacial score (nSPS) is 18.0. The average molecular weight is 229 g/mol. The van der Waals surface area contributed by atoms with Crippen molar-refractivity contribution in [3.63, 3.8) is 0 Å². The zero-order valence-corrected chi connectivity index (χ0v) is 11.2. The summed E-state index contributed by atoms with van der Waals surface area (Å²) in [4.78, 5) is 0. The van der Waals surface area contributed by atoms with Crippen LogP contribution in [0.25, 0.3) is 0 Å². The maximum atomic E-state index is 6.43. The van der Waals surface area contributed by atoms with E-state index < -0.39 is 0 Å². The Labute approximate surface area is 105 Å². The molecule has 0 spiro atoms. The van der Waals surface area contributed by atoms with Crippen LogP contribution >= 0.6 is 0 Å². The van der Waals surface area contributed by atoms with E-state index in [1.807, 2.05) is 0 Å². The fraction of sp³-hybridized carbons (Fsp3) is 0.500. The summed E-state index contributed by atoms with van der Waals surface area (Å²) in [6, 6.07) is 8.70. The van der Waals surface area contributed by atoms with Gasteiger partial charge in [0.05, 0.1) is 6.04 Å². The van der Waals surface area contributed by atoms with Gasteiger partial charge in [-0.15, -0.1) is 0 Å². The largest absolute Gasteiger partial charge is 0.321 e. The highest BCUT2D eigenvalue weighted by Crippen LogP contribution is 2.34. The molecule has 1 aliphatic rings. The van der Waals surface area contributed by atoms with Gasteiger partial charge in [0.25, 0.3) is 0 Å². The molecule has 1 atom stereocenters. The van der Waals surface area contributed by atoms with Crippen LogP contribution in [-0.4, -0.2) is 0 Å². The van der Waals surface area contributed by atoms with Crippen LogP contribution in [0.4, 0.5) is 0 Å². The molecule has 0 amide bonds. The van der Waals surface area contributed by atoms with Gasteiger partial charge in [0.2, 0.25) is 0 Å². The van der Waals surface area contributed by atoms with Crippen LogP contribution in [-0.2, 0) is 5.41 Å².